The number of carbonyl (C=O) groups is 2. The van der Waals surface area contributed by atoms with Gasteiger partial charge in [-0.25, -0.2) is 0 Å². The summed E-state index contributed by atoms with van der Waals surface area (Å²) in [5.41, 5.74) is 2.21. The molecule has 1 aliphatic heterocycles. The van der Waals surface area contributed by atoms with Crippen molar-refractivity contribution in [2.75, 3.05) is 49.3 Å². The number of hydrogen-bond acceptors (Lipinski definition) is 8. The van der Waals surface area contributed by atoms with Gasteiger partial charge >= 0.3 is 0 Å². The summed E-state index contributed by atoms with van der Waals surface area (Å²) >= 11 is 1.18. The van der Waals surface area contributed by atoms with Gasteiger partial charge in [-0.05, 0) is 48.5 Å². The van der Waals surface area contributed by atoms with Crippen LogP contribution in [0.15, 0.2) is 58.2 Å². The lowest BCUT2D eigenvalue weighted by molar-refractivity contribution is -0.139. The van der Waals surface area contributed by atoms with Gasteiger partial charge in [-0.1, -0.05) is 32.5 Å². The van der Waals surface area contributed by atoms with E-state index in [0.29, 0.717) is 24.2 Å². The zero-order valence-corrected chi connectivity index (χ0v) is 21.8. The fourth-order valence-corrected chi connectivity index (χ4v) is 4.40. The molecule has 190 valence electrons. The molecule has 1 N–H and O–H groups in total. The number of aromatic nitrogens is 2. The largest absolute Gasteiger partial charge is 0.497 e. The standard InChI is InChI=1S/C26H31N5O4S/c1-26(2,3)24(33)31-15-13-30(14-16-31)20-9-7-19(8-10-20)27-22(32)17-36-25-29-28-23(35-25)18-5-11-21(34-4)12-6-18/h5-12H,13-17H2,1-4H3,(H,27,32). The van der Waals surface area contributed by atoms with Gasteiger partial charge in [0.1, 0.15) is 5.75 Å². The first-order valence-corrected chi connectivity index (χ1v) is 12.8. The van der Waals surface area contributed by atoms with Gasteiger partial charge < -0.3 is 24.3 Å². The van der Waals surface area contributed by atoms with Crippen molar-refractivity contribution < 1.29 is 18.7 Å². The van der Waals surface area contributed by atoms with Crippen LogP contribution >= 0.6 is 11.8 Å². The Morgan fingerprint density at radius 2 is 1.67 bits per heavy atom. The quantitative estimate of drug-likeness (QED) is 0.474. The Kier molecular flexibility index (Phi) is 7.83. The fraction of sp³-hybridized carbons (Fsp3) is 0.385. The molecule has 1 saturated heterocycles. The summed E-state index contributed by atoms with van der Waals surface area (Å²) < 4.78 is 10.8. The molecule has 0 saturated carbocycles. The van der Waals surface area contributed by atoms with E-state index in [1.54, 1.807) is 7.11 Å². The summed E-state index contributed by atoms with van der Waals surface area (Å²) in [6, 6.07) is 15.1. The molecule has 10 heteroatoms. The number of amides is 2. The number of hydrogen-bond donors (Lipinski definition) is 1. The molecule has 1 aliphatic rings. The van der Waals surface area contributed by atoms with Crippen LogP contribution in [-0.2, 0) is 9.59 Å². The third-order valence-electron chi connectivity index (χ3n) is 5.79. The van der Waals surface area contributed by atoms with Gasteiger partial charge in [0, 0.05) is 48.5 Å². The van der Waals surface area contributed by atoms with E-state index in [9.17, 15) is 9.59 Å². The number of nitrogens with one attached hydrogen (secondary N) is 1. The Hall–Kier alpha value is -3.53. The molecule has 0 spiro atoms. The van der Waals surface area contributed by atoms with Gasteiger partial charge in [0.2, 0.25) is 17.7 Å². The molecule has 0 aliphatic carbocycles. The molecule has 4 rings (SSSR count). The second kappa shape index (κ2) is 11.0. The van der Waals surface area contributed by atoms with Crippen LogP contribution in [0.1, 0.15) is 20.8 Å². The van der Waals surface area contributed by atoms with Crippen molar-refractivity contribution in [1.29, 1.82) is 0 Å². The lowest BCUT2D eigenvalue weighted by Gasteiger charge is -2.38. The van der Waals surface area contributed by atoms with Crippen LogP contribution in [-0.4, -0.2) is 66.0 Å². The Morgan fingerprint density at radius 3 is 2.28 bits per heavy atom. The molecule has 2 amide bonds. The van der Waals surface area contributed by atoms with E-state index in [4.69, 9.17) is 9.15 Å². The first kappa shape index (κ1) is 25.6. The summed E-state index contributed by atoms with van der Waals surface area (Å²) in [5, 5.41) is 11.3. The number of ether oxygens (including phenoxy) is 1. The van der Waals surface area contributed by atoms with E-state index in [1.807, 2.05) is 74.2 Å². The summed E-state index contributed by atoms with van der Waals surface area (Å²) in [6.07, 6.45) is 0. The van der Waals surface area contributed by atoms with Crippen molar-refractivity contribution in [3.8, 4) is 17.2 Å². The fourth-order valence-electron chi connectivity index (χ4n) is 3.84. The number of anilines is 2. The monoisotopic (exact) mass is 509 g/mol. The molecule has 1 aromatic heterocycles. The van der Waals surface area contributed by atoms with Crippen LogP contribution in [0.25, 0.3) is 11.5 Å². The van der Waals surface area contributed by atoms with E-state index in [-0.39, 0.29) is 23.0 Å². The topological polar surface area (TPSA) is 101 Å². The highest BCUT2D eigenvalue weighted by Crippen LogP contribution is 2.26. The Balaban J connectivity index is 1.24. The van der Waals surface area contributed by atoms with Crippen molar-refractivity contribution in [1.82, 2.24) is 15.1 Å². The summed E-state index contributed by atoms with van der Waals surface area (Å²) in [4.78, 5) is 29.1. The lowest BCUT2D eigenvalue weighted by Crippen LogP contribution is -2.51. The van der Waals surface area contributed by atoms with Crippen molar-refractivity contribution in [3.63, 3.8) is 0 Å². The molecule has 3 aromatic rings. The van der Waals surface area contributed by atoms with E-state index in [2.05, 4.69) is 20.4 Å². The van der Waals surface area contributed by atoms with Crippen LogP contribution in [0, 0.1) is 5.41 Å². The van der Waals surface area contributed by atoms with Crippen LogP contribution in [0.3, 0.4) is 0 Å². The maximum atomic E-state index is 12.5. The van der Waals surface area contributed by atoms with E-state index >= 15 is 0 Å². The third-order valence-corrected chi connectivity index (χ3v) is 6.61. The highest BCUT2D eigenvalue weighted by Gasteiger charge is 2.29. The Morgan fingerprint density at radius 1 is 1.00 bits per heavy atom. The lowest BCUT2D eigenvalue weighted by atomic mass is 9.94. The molecular weight excluding hydrogens is 478 g/mol. The molecule has 2 heterocycles. The first-order valence-electron chi connectivity index (χ1n) is 11.8. The van der Waals surface area contributed by atoms with E-state index in [1.165, 1.54) is 11.8 Å². The Labute approximate surface area is 215 Å². The SMILES string of the molecule is COc1ccc(-c2nnc(SCC(=O)Nc3ccc(N4CCN(C(=O)C(C)(C)C)CC4)cc3)o2)cc1. The predicted octanol–water partition coefficient (Wildman–Crippen LogP) is 4.17. The molecule has 0 bridgehead atoms. The average molecular weight is 510 g/mol. The maximum Gasteiger partial charge on any atom is 0.277 e. The number of methoxy groups -OCH3 is 1. The molecule has 1 fully saturated rings. The van der Waals surface area contributed by atoms with Crippen molar-refractivity contribution >= 4 is 35.0 Å². The van der Waals surface area contributed by atoms with Gasteiger partial charge in [-0.15, -0.1) is 10.2 Å². The van der Waals surface area contributed by atoms with Crippen molar-refractivity contribution in [2.24, 2.45) is 5.41 Å². The minimum absolute atomic E-state index is 0.149. The number of thioether (sulfide) groups is 1. The molecule has 0 unspecified atom stereocenters. The molecule has 0 radical (unpaired) electrons. The zero-order valence-electron chi connectivity index (χ0n) is 21.0. The third kappa shape index (κ3) is 6.37. The van der Waals surface area contributed by atoms with Crippen LogP contribution < -0.4 is 15.0 Å². The van der Waals surface area contributed by atoms with E-state index in [0.717, 1.165) is 35.8 Å². The smallest absolute Gasteiger partial charge is 0.277 e. The summed E-state index contributed by atoms with van der Waals surface area (Å²) in [6.45, 7) is 8.85. The molecule has 0 atom stereocenters. The number of nitrogens with zero attached hydrogens (tertiary/aromatic N) is 4. The zero-order chi connectivity index (χ0) is 25.7. The second-order valence-corrected chi connectivity index (χ2v) is 10.4. The van der Waals surface area contributed by atoms with Crippen LogP contribution in [0.5, 0.6) is 5.75 Å². The number of carbonyl (C=O) groups excluding carboxylic acids is 2. The first-order chi connectivity index (χ1) is 17.2. The number of benzene rings is 2. The van der Waals surface area contributed by atoms with Gasteiger partial charge in [-0.2, -0.15) is 0 Å². The summed E-state index contributed by atoms with van der Waals surface area (Å²) in [5.74, 6) is 1.31. The van der Waals surface area contributed by atoms with Crippen LogP contribution in [0.2, 0.25) is 0 Å². The van der Waals surface area contributed by atoms with Gasteiger partial charge in [-0.3, -0.25) is 9.59 Å². The number of rotatable bonds is 7. The van der Waals surface area contributed by atoms with Gasteiger partial charge in [0.05, 0.1) is 12.9 Å². The summed E-state index contributed by atoms with van der Waals surface area (Å²) in [7, 11) is 1.61. The average Bonchev–Trinajstić information content (AvgIpc) is 3.36. The van der Waals surface area contributed by atoms with Gasteiger partial charge in [0.25, 0.3) is 5.22 Å². The Bertz CT molecular complexity index is 1180. The second-order valence-electron chi connectivity index (χ2n) is 9.51. The highest BCUT2D eigenvalue weighted by molar-refractivity contribution is 7.99. The molecule has 9 nitrogen and oxygen atoms in total. The van der Waals surface area contributed by atoms with Crippen molar-refractivity contribution in [2.45, 2.75) is 26.0 Å². The maximum absolute atomic E-state index is 12.5. The minimum atomic E-state index is -0.358. The van der Waals surface area contributed by atoms with Crippen molar-refractivity contribution in [3.05, 3.63) is 48.5 Å². The molecular formula is C26H31N5O4S. The molecule has 36 heavy (non-hydrogen) atoms. The molecule has 2 aromatic carbocycles. The van der Waals surface area contributed by atoms with Crippen LogP contribution in [0.4, 0.5) is 11.4 Å². The van der Waals surface area contributed by atoms with Gasteiger partial charge in [0.15, 0.2) is 0 Å². The minimum Gasteiger partial charge on any atom is -0.497 e. The normalized spacial score (nSPS) is 14.0. The van der Waals surface area contributed by atoms with E-state index < -0.39 is 0 Å². The predicted molar refractivity (Wildman–Crippen MR) is 140 cm³/mol. The highest BCUT2D eigenvalue weighted by atomic mass is 32.2. The number of piperazine rings is 1.